The lowest BCUT2D eigenvalue weighted by atomic mass is 9.80. The van der Waals surface area contributed by atoms with Crippen LogP contribution in [0.25, 0.3) is 0 Å². The topological polar surface area (TPSA) is 93.6 Å². The number of nitrogens with zero attached hydrogens (tertiary/aromatic N) is 1. The zero-order valence-electron chi connectivity index (χ0n) is 20.1. The maximum absolute atomic E-state index is 14.2. The molecule has 184 valence electrons. The average molecular weight is 519 g/mol. The molecule has 1 aliphatic heterocycles. The first-order valence-electron chi connectivity index (χ1n) is 11.6. The van der Waals surface area contributed by atoms with Crippen LogP contribution in [0.5, 0.6) is 0 Å². The van der Waals surface area contributed by atoms with E-state index in [0.717, 1.165) is 20.9 Å². The summed E-state index contributed by atoms with van der Waals surface area (Å²) >= 11 is 2.95. The molecule has 5 rings (SSSR count). The molecule has 4 aromatic rings. The van der Waals surface area contributed by atoms with Crippen LogP contribution in [0.15, 0.2) is 69.8 Å². The molecule has 1 fully saturated rings. The lowest BCUT2D eigenvalue weighted by Gasteiger charge is -2.30. The van der Waals surface area contributed by atoms with Crippen molar-refractivity contribution in [1.29, 1.82) is 0 Å². The van der Waals surface area contributed by atoms with E-state index < -0.39 is 29.8 Å². The molecule has 0 aliphatic carbocycles. The first-order valence-corrected chi connectivity index (χ1v) is 13.4. The fourth-order valence-electron chi connectivity index (χ4n) is 5.26. The third kappa shape index (κ3) is 4.00. The first kappa shape index (κ1) is 24.2. The van der Waals surface area contributed by atoms with Crippen molar-refractivity contribution in [3.8, 4) is 0 Å². The number of nitrogens with two attached hydrogens (primary N) is 1. The quantitative estimate of drug-likeness (QED) is 0.333. The number of ketones is 1. The van der Waals surface area contributed by atoms with Crippen molar-refractivity contribution in [1.82, 2.24) is 4.90 Å². The summed E-state index contributed by atoms with van der Waals surface area (Å²) in [5.41, 5.74) is 8.40. The number of amides is 2. The fourth-order valence-corrected chi connectivity index (χ4v) is 7.43. The molecular weight excluding hydrogens is 492 g/mol. The predicted octanol–water partition coefficient (Wildman–Crippen LogP) is 5.66. The maximum Gasteiger partial charge on any atom is 0.255 e. The summed E-state index contributed by atoms with van der Waals surface area (Å²) in [6.45, 7) is 5.69. The summed E-state index contributed by atoms with van der Waals surface area (Å²) in [6.07, 6.45) is 0. The van der Waals surface area contributed by atoms with Gasteiger partial charge in [-0.05, 0) is 79.1 Å². The molecule has 2 amide bonds. The molecule has 4 heterocycles. The van der Waals surface area contributed by atoms with E-state index in [1.54, 1.807) is 48.2 Å². The van der Waals surface area contributed by atoms with Crippen molar-refractivity contribution < 1.29 is 18.8 Å². The highest BCUT2D eigenvalue weighted by Gasteiger charge is 2.58. The molecule has 1 aromatic carbocycles. The Morgan fingerprint density at radius 1 is 0.861 bits per heavy atom. The van der Waals surface area contributed by atoms with Crippen LogP contribution in [0.2, 0.25) is 0 Å². The summed E-state index contributed by atoms with van der Waals surface area (Å²) in [5, 5.41) is 3.88. The van der Waals surface area contributed by atoms with Crippen molar-refractivity contribution in [2.45, 2.75) is 38.8 Å². The molecule has 0 saturated carbocycles. The number of aryl methyl sites for hydroxylation is 3. The molecular formula is C28H26N2O4S2. The second-order valence-electron chi connectivity index (χ2n) is 9.13. The molecule has 36 heavy (non-hydrogen) atoms. The highest BCUT2D eigenvalue weighted by atomic mass is 32.1. The summed E-state index contributed by atoms with van der Waals surface area (Å²) in [4.78, 5) is 44.7. The van der Waals surface area contributed by atoms with E-state index in [0.29, 0.717) is 11.3 Å². The van der Waals surface area contributed by atoms with Gasteiger partial charge in [0.2, 0.25) is 11.7 Å². The molecule has 8 heteroatoms. The van der Waals surface area contributed by atoms with Crippen LogP contribution < -0.4 is 5.73 Å². The van der Waals surface area contributed by atoms with Crippen LogP contribution >= 0.6 is 22.7 Å². The average Bonchev–Trinajstić information content (AvgIpc) is 3.64. The molecule has 1 aliphatic rings. The van der Waals surface area contributed by atoms with Crippen LogP contribution in [-0.2, 0) is 4.79 Å². The minimum atomic E-state index is -1.01. The number of likely N-dealkylation sites (tertiary alicyclic amines) is 1. The monoisotopic (exact) mass is 518 g/mol. The summed E-state index contributed by atoms with van der Waals surface area (Å²) in [5.74, 6) is -1.74. The van der Waals surface area contributed by atoms with Gasteiger partial charge in [-0.25, -0.2) is 0 Å². The molecule has 0 bridgehead atoms. The first-order chi connectivity index (χ1) is 17.3. The molecule has 1 saturated heterocycles. The molecule has 6 nitrogen and oxygen atoms in total. The highest BCUT2D eigenvalue weighted by molar-refractivity contribution is 7.10. The Morgan fingerprint density at radius 2 is 1.50 bits per heavy atom. The molecule has 4 unspecified atom stereocenters. The summed E-state index contributed by atoms with van der Waals surface area (Å²) < 4.78 is 5.76. The highest BCUT2D eigenvalue weighted by Crippen LogP contribution is 2.54. The Kier molecular flexibility index (Phi) is 6.40. The number of carbonyl (C=O) groups excluding carboxylic acids is 3. The van der Waals surface area contributed by atoms with Gasteiger partial charge in [-0.2, -0.15) is 0 Å². The van der Waals surface area contributed by atoms with Gasteiger partial charge in [-0.15, -0.1) is 22.7 Å². The Morgan fingerprint density at radius 3 is 2.03 bits per heavy atom. The van der Waals surface area contributed by atoms with Gasteiger partial charge in [0, 0.05) is 21.2 Å². The van der Waals surface area contributed by atoms with Gasteiger partial charge >= 0.3 is 0 Å². The number of rotatable bonds is 6. The van der Waals surface area contributed by atoms with Gasteiger partial charge in [0.05, 0.1) is 12.0 Å². The zero-order valence-corrected chi connectivity index (χ0v) is 21.8. The van der Waals surface area contributed by atoms with Crippen molar-refractivity contribution in [2.75, 3.05) is 0 Å². The molecule has 3 aromatic heterocycles. The number of thiophene rings is 2. The third-order valence-electron chi connectivity index (χ3n) is 6.87. The van der Waals surface area contributed by atoms with Crippen molar-refractivity contribution >= 4 is 40.3 Å². The van der Waals surface area contributed by atoms with Crippen LogP contribution in [0.4, 0.5) is 0 Å². The number of carbonyl (C=O) groups is 3. The van der Waals surface area contributed by atoms with Crippen LogP contribution in [0, 0.1) is 26.7 Å². The number of hydrogen-bond donors (Lipinski definition) is 1. The molecule has 0 radical (unpaired) electrons. The van der Waals surface area contributed by atoms with E-state index in [1.165, 1.54) is 22.7 Å². The number of hydrogen-bond acceptors (Lipinski definition) is 6. The number of Topliss-reactive ketones (excluding diaryl/α,β-unsaturated/α-hetero) is 1. The summed E-state index contributed by atoms with van der Waals surface area (Å²) in [6, 6.07) is 14.5. The van der Waals surface area contributed by atoms with E-state index in [9.17, 15) is 14.4 Å². The molecule has 4 atom stereocenters. The van der Waals surface area contributed by atoms with Gasteiger partial charge in [-0.1, -0.05) is 18.2 Å². The van der Waals surface area contributed by atoms with Crippen molar-refractivity contribution in [3.63, 3.8) is 0 Å². The van der Waals surface area contributed by atoms with Gasteiger partial charge in [0.1, 0.15) is 11.8 Å². The Balaban J connectivity index is 1.78. The molecule has 0 spiro atoms. The SMILES string of the molecule is Cc1ccc(C(=O)C2C(c3sccc3C)C(C(N)=O)N(C(=O)c3ccccc3)C2c2sccc2C)o1. The van der Waals surface area contributed by atoms with Gasteiger partial charge in [-0.3, -0.25) is 14.4 Å². The van der Waals surface area contributed by atoms with Crippen LogP contribution in [0.1, 0.15) is 59.5 Å². The number of benzene rings is 1. The van der Waals surface area contributed by atoms with Gasteiger partial charge in [0.15, 0.2) is 5.76 Å². The Bertz CT molecular complexity index is 1430. The van der Waals surface area contributed by atoms with E-state index >= 15 is 0 Å². The summed E-state index contributed by atoms with van der Waals surface area (Å²) in [7, 11) is 0. The zero-order chi connectivity index (χ0) is 25.6. The van der Waals surface area contributed by atoms with Gasteiger partial charge < -0.3 is 15.1 Å². The largest absolute Gasteiger partial charge is 0.458 e. The maximum atomic E-state index is 14.2. The second kappa shape index (κ2) is 9.52. The third-order valence-corrected chi connectivity index (χ3v) is 9.08. The lowest BCUT2D eigenvalue weighted by molar-refractivity contribution is -0.122. The van der Waals surface area contributed by atoms with Crippen molar-refractivity contribution in [2.24, 2.45) is 11.7 Å². The lowest BCUT2D eigenvalue weighted by Crippen LogP contribution is -2.46. The fraction of sp³-hybridized carbons (Fsp3) is 0.250. The van der Waals surface area contributed by atoms with Gasteiger partial charge in [0.25, 0.3) is 5.91 Å². The van der Waals surface area contributed by atoms with Crippen molar-refractivity contribution in [3.05, 3.63) is 103 Å². The Labute approximate surface area is 217 Å². The smallest absolute Gasteiger partial charge is 0.255 e. The van der Waals surface area contributed by atoms with E-state index in [1.807, 2.05) is 42.8 Å². The Hall–Kier alpha value is -3.49. The predicted molar refractivity (Wildman–Crippen MR) is 140 cm³/mol. The van der Waals surface area contributed by atoms with Crippen LogP contribution in [-0.4, -0.2) is 28.5 Å². The standard InChI is InChI=1S/C28H26N2O4S2/c1-15-11-13-35-25(15)21-20(24(31)19-10-9-17(3)34-19)22(26-16(2)12-14-36-26)30(23(21)27(29)32)28(33)18-7-5-4-6-8-18/h4-14,20-23H,1-3H3,(H2,29,32). The normalized spacial score (nSPS) is 21.6. The van der Waals surface area contributed by atoms with E-state index in [-0.39, 0.29) is 17.5 Å². The van der Waals surface area contributed by atoms with E-state index in [4.69, 9.17) is 10.2 Å². The second-order valence-corrected chi connectivity index (χ2v) is 11.0. The number of furan rings is 1. The van der Waals surface area contributed by atoms with Crippen LogP contribution in [0.3, 0.4) is 0 Å². The van der Waals surface area contributed by atoms with E-state index in [2.05, 4.69) is 0 Å². The minimum Gasteiger partial charge on any atom is -0.458 e. The minimum absolute atomic E-state index is 0.216. The molecule has 2 N–H and O–H groups in total. The number of primary amides is 1.